The molecule has 1 amide bonds. The van der Waals surface area contributed by atoms with Gasteiger partial charge < -0.3 is 15.4 Å². The van der Waals surface area contributed by atoms with Crippen LogP contribution in [0.1, 0.15) is 18.4 Å². The fraction of sp³-hybridized carbons (Fsp3) is 0.500. The zero-order valence-electron chi connectivity index (χ0n) is 11.1. The molecular formula is C14H19BrN2O2. The SMILES string of the molecule is COc1cc(Br)ccc1CC(=O)N1CCC[C@H](N)C1. The van der Waals surface area contributed by atoms with Gasteiger partial charge in [0, 0.05) is 29.2 Å². The Balaban J connectivity index is 2.06. The van der Waals surface area contributed by atoms with E-state index in [1.807, 2.05) is 23.1 Å². The molecule has 1 aromatic rings. The number of amides is 1. The third-order valence-electron chi connectivity index (χ3n) is 3.40. The molecule has 1 aliphatic rings. The van der Waals surface area contributed by atoms with Gasteiger partial charge >= 0.3 is 0 Å². The minimum Gasteiger partial charge on any atom is -0.496 e. The molecule has 0 aromatic heterocycles. The number of benzene rings is 1. The molecule has 1 atom stereocenters. The lowest BCUT2D eigenvalue weighted by molar-refractivity contribution is -0.131. The number of likely N-dealkylation sites (tertiary alicyclic amines) is 1. The van der Waals surface area contributed by atoms with Crippen LogP contribution in [0.4, 0.5) is 0 Å². The standard InChI is InChI=1S/C14H19BrN2O2/c1-19-13-8-11(15)5-4-10(13)7-14(18)17-6-2-3-12(16)9-17/h4-5,8,12H,2-3,6-7,9,16H2,1H3/t12-/m0/s1. The van der Waals surface area contributed by atoms with Gasteiger partial charge in [0.25, 0.3) is 0 Å². The number of halogens is 1. The van der Waals surface area contributed by atoms with Crippen molar-refractivity contribution in [3.63, 3.8) is 0 Å². The molecule has 1 heterocycles. The Morgan fingerprint density at radius 1 is 1.58 bits per heavy atom. The van der Waals surface area contributed by atoms with Gasteiger partial charge in [0.2, 0.25) is 5.91 Å². The van der Waals surface area contributed by atoms with E-state index in [0.29, 0.717) is 13.0 Å². The number of hydrogen-bond acceptors (Lipinski definition) is 3. The normalized spacial score (nSPS) is 19.3. The van der Waals surface area contributed by atoms with Crippen LogP contribution < -0.4 is 10.5 Å². The first kappa shape index (κ1) is 14.3. The van der Waals surface area contributed by atoms with E-state index in [9.17, 15) is 4.79 Å². The van der Waals surface area contributed by atoms with Gasteiger partial charge in [-0.05, 0) is 25.0 Å². The highest BCUT2D eigenvalue weighted by Gasteiger charge is 2.22. The Labute approximate surface area is 122 Å². The van der Waals surface area contributed by atoms with Crippen molar-refractivity contribution in [2.75, 3.05) is 20.2 Å². The van der Waals surface area contributed by atoms with E-state index in [1.54, 1.807) is 7.11 Å². The van der Waals surface area contributed by atoms with Crippen LogP contribution in [0.3, 0.4) is 0 Å². The molecule has 0 saturated carbocycles. The van der Waals surface area contributed by atoms with Crippen LogP contribution in [0.2, 0.25) is 0 Å². The van der Waals surface area contributed by atoms with Gasteiger partial charge in [-0.15, -0.1) is 0 Å². The van der Waals surface area contributed by atoms with E-state index in [4.69, 9.17) is 10.5 Å². The highest BCUT2D eigenvalue weighted by atomic mass is 79.9. The largest absolute Gasteiger partial charge is 0.496 e. The first-order chi connectivity index (χ1) is 9.10. The Bertz CT molecular complexity index is 465. The maximum Gasteiger partial charge on any atom is 0.227 e. The lowest BCUT2D eigenvalue weighted by Gasteiger charge is -2.31. The maximum absolute atomic E-state index is 12.3. The summed E-state index contributed by atoms with van der Waals surface area (Å²) in [5.41, 5.74) is 6.82. The molecule has 0 unspecified atom stereocenters. The number of rotatable bonds is 3. The molecule has 19 heavy (non-hydrogen) atoms. The Hall–Kier alpha value is -1.07. The van der Waals surface area contributed by atoms with Crippen molar-refractivity contribution in [1.82, 2.24) is 4.90 Å². The van der Waals surface area contributed by atoms with E-state index >= 15 is 0 Å². The van der Waals surface area contributed by atoms with Crippen LogP contribution in [0.15, 0.2) is 22.7 Å². The fourth-order valence-electron chi connectivity index (χ4n) is 2.38. The van der Waals surface area contributed by atoms with Crippen molar-refractivity contribution in [3.8, 4) is 5.75 Å². The Kier molecular flexibility index (Phi) is 4.82. The average molecular weight is 327 g/mol. The predicted molar refractivity (Wildman–Crippen MR) is 78.2 cm³/mol. The number of nitrogens with zero attached hydrogens (tertiary/aromatic N) is 1. The molecule has 104 valence electrons. The van der Waals surface area contributed by atoms with Crippen molar-refractivity contribution >= 4 is 21.8 Å². The zero-order chi connectivity index (χ0) is 13.8. The molecule has 5 heteroatoms. The number of ether oxygens (including phenoxy) is 1. The topological polar surface area (TPSA) is 55.6 Å². The third-order valence-corrected chi connectivity index (χ3v) is 3.89. The van der Waals surface area contributed by atoms with Crippen molar-refractivity contribution in [2.45, 2.75) is 25.3 Å². The van der Waals surface area contributed by atoms with Gasteiger partial charge in [0.15, 0.2) is 0 Å². The van der Waals surface area contributed by atoms with E-state index in [2.05, 4.69) is 15.9 Å². The predicted octanol–water partition coefficient (Wildman–Crippen LogP) is 1.95. The maximum atomic E-state index is 12.3. The minimum absolute atomic E-state index is 0.115. The molecule has 1 saturated heterocycles. The van der Waals surface area contributed by atoms with Crippen LogP contribution in [0.5, 0.6) is 5.75 Å². The smallest absolute Gasteiger partial charge is 0.227 e. The first-order valence-electron chi connectivity index (χ1n) is 6.46. The Morgan fingerprint density at radius 3 is 3.05 bits per heavy atom. The monoisotopic (exact) mass is 326 g/mol. The molecule has 2 rings (SSSR count). The van der Waals surface area contributed by atoms with E-state index in [-0.39, 0.29) is 11.9 Å². The number of carbonyl (C=O) groups excluding carboxylic acids is 1. The molecule has 0 radical (unpaired) electrons. The molecule has 0 spiro atoms. The van der Waals surface area contributed by atoms with Gasteiger partial charge in [-0.3, -0.25) is 4.79 Å². The van der Waals surface area contributed by atoms with Crippen LogP contribution in [-0.4, -0.2) is 37.0 Å². The van der Waals surface area contributed by atoms with Crippen LogP contribution in [0, 0.1) is 0 Å². The summed E-state index contributed by atoms with van der Waals surface area (Å²) in [6, 6.07) is 5.84. The van der Waals surface area contributed by atoms with Crippen molar-refractivity contribution < 1.29 is 9.53 Å². The van der Waals surface area contributed by atoms with Crippen molar-refractivity contribution in [3.05, 3.63) is 28.2 Å². The second-order valence-corrected chi connectivity index (χ2v) is 5.79. The molecule has 1 aliphatic heterocycles. The molecule has 1 fully saturated rings. The first-order valence-corrected chi connectivity index (χ1v) is 7.25. The quantitative estimate of drug-likeness (QED) is 0.923. The molecule has 1 aromatic carbocycles. The molecule has 4 nitrogen and oxygen atoms in total. The summed E-state index contributed by atoms with van der Waals surface area (Å²) in [6.07, 6.45) is 2.36. The Morgan fingerprint density at radius 2 is 2.37 bits per heavy atom. The molecule has 2 N–H and O–H groups in total. The summed E-state index contributed by atoms with van der Waals surface area (Å²) in [5, 5.41) is 0. The second kappa shape index (κ2) is 6.39. The number of piperidine rings is 1. The fourth-order valence-corrected chi connectivity index (χ4v) is 2.72. The van der Waals surface area contributed by atoms with Gasteiger partial charge in [0.1, 0.15) is 5.75 Å². The van der Waals surface area contributed by atoms with Crippen LogP contribution >= 0.6 is 15.9 Å². The van der Waals surface area contributed by atoms with Gasteiger partial charge in [-0.25, -0.2) is 0 Å². The highest BCUT2D eigenvalue weighted by molar-refractivity contribution is 9.10. The van der Waals surface area contributed by atoms with E-state index in [1.165, 1.54) is 0 Å². The number of carbonyl (C=O) groups is 1. The zero-order valence-corrected chi connectivity index (χ0v) is 12.6. The van der Waals surface area contributed by atoms with E-state index < -0.39 is 0 Å². The second-order valence-electron chi connectivity index (χ2n) is 4.88. The number of methoxy groups -OCH3 is 1. The average Bonchev–Trinajstić information content (AvgIpc) is 2.40. The summed E-state index contributed by atoms with van der Waals surface area (Å²) in [5.74, 6) is 0.861. The van der Waals surface area contributed by atoms with Gasteiger partial charge in [-0.2, -0.15) is 0 Å². The van der Waals surface area contributed by atoms with Gasteiger partial charge in [-0.1, -0.05) is 22.0 Å². The van der Waals surface area contributed by atoms with Crippen molar-refractivity contribution in [1.29, 1.82) is 0 Å². The van der Waals surface area contributed by atoms with Crippen LogP contribution in [-0.2, 0) is 11.2 Å². The van der Waals surface area contributed by atoms with E-state index in [0.717, 1.165) is 35.2 Å². The molecular weight excluding hydrogens is 308 g/mol. The summed E-state index contributed by atoms with van der Waals surface area (Å²) < 4.78 is 6.26. The van der Waals surface area contributed by atoms with Crippen molar-refractivity contribution in [2.24, 2.45) is 5.73 Å². The summed E-state index contributed by atoms with van der Waals surface area (Å²) >= 11 is 3.40. The number of nitrogens with two attached hydrogens (primary N) is 1. The third kappa shape index (κ3) is 3.70. The van der Waals surface area contributed by atoms with Crippen LogP contribution in [0.25, 0.3) is 0 Å². The lowest BCUT2D eigenvalue weighted by Crippen LogP contribution is -2.46. The molecule has 0 bridgehead atoms. The van der Waals surface area contributed by atoms with Gasteiger partial charge in [0.05, 0.1) is 13.5 Å². The summed E-state index contributed by atoms with van der Waals surface area (Å²) in [7, 11) is 1.62. The highest BCUT2D eigenvalue weighted by Crippen LogP contribution is 2.24. The molecule has 0 aliphatic carbocycles. The minimum atomic E-state index is 0.115. The number of hydrogen-bond donors (Lipinski definition) is 1. The lowest BCUT2D eigenvalue weighted by atomic mass is 10.0. The summed E-state index contributed by atoms with van der Waals surface area (Å²) in [4.78, 5) is 14.1. The summed E-state index contributed by atoms with van der Waals surface area (Å²) in [6.45, 7) is 1.48.